The molecule has 0 aliphatic carbocycles. The van der Waals surface area contributed by atoms with Crippen molar-refractivity contribution in [2.75, 3.05) is 22.5 Å². The molecule has 0 bridgehead atoms. The first-order chi connectivity index (χ1) is 16.1. The Bertz CT molecular complexity index is 1340. The Kier molecular flexibility index (Phi) is 5.57. The van der Waals surface area contributed by atoms with Gasteiger partial charge in [-0.2, -0.15) is 0 Å². The van der Waals surface area contributed by atoms with Crippen molar-refractivity contribution in [3.63, 3.8) is 0 Å². The molecule has 1 N–H and O–H groups in total. The molecular weight excluding hydrogens is 443 g/mol. The summed E-state index contributed by atoms with van der Waals surface area (Å²) in [6.45, 7) is -0.0721. The van der Waals surface area contributed by atoms with Gasteiger partial charge in [0.2, 0.25) is 11.8 Å². The van der Waals surface area contributed by atoms with Crippen LogP contribution in [0, 0.1) is 5.82 Å². The minimum Gasteiger partial charge on any atom is -0.323 e. The average molecular weight is 460 g/mol. The number of thioether (sulfide) groups is 1. The molecule has 0 radical (unpaired) electrons. The van der Waals surface area contributed by atoms with E-state index in [0.717, 1.165) is 11.8 Å². The van der Waals surface area contributed by atoms with E-state index in [1.54, 1.807) is 71.6 Å². The molecule has 1 aliphatic rings. The van der Waals surface area contributed by atoms with Crippen molar-refractivity contribution in [1.29, 1.82) is 0 Å². The number of anilines is 2. The molecular formula is C23H17FN6O2S. The quantitative estimate of drug-likeness (QED) is 0.458. The summed E-state index contributed by atoms with van der Waals surface area (Å²) in [5.74, 6) is -0.585. The van der Waals surface area contributed by atoms with E-state index < -0.39 is 5.82 Å². The van der Waals surface area contributed by atoms with Crippen LogP contribution in [0.25, 0.3) is 17.1 Å². The Morgan fingerprint density at radius 2 is 1.82 bits per heavy atom. The lowest BCUT2D eigenvalue weighted by Crippen LogP contribution is -2.43. The standard InChI is InChI=1S/C23H17FN6O2S/c24-16-7-1-3-9-18(16)30-22(15-6-5-11-25-12-15)27-28-23(30)33-14-21(32)29-13-20(31)26-17-8-2-4-10-19(17)29/h1-12H,13-14H2,(H,26,31). The number of pyridine rings is 1. The van der Waals surface area contributed by atoms with Gasteiger partial charge in [-0.25, -0.2) is 4.39 Å². The van der Waals surface area contributed by atoms with E-state index in [-0.39, 0.29) is 29.8 Å². The predicted molar refractivity (Wildman–Crippen MR) is 123 cm³/mol. The van der Waals surface area contributed by atoms with Crippen LogP contribution in [0.3, 0.4) is 0 Å². The average Bonchev–Trinajstić information content (AvgIpc) is 3.26. The molecule has 0 saturated carbocycles. The number of benzene rings is 2. The highest BCUT2D eigenvalue weighted by atomic mass is 32.2. The Labute approximate surface area is 192 Å². The summed E-state index contributed by atoms with van der Waals surface area (Å²) in [5.41, 5.74) is 2.14. The normalized spacial score (nSPS) is 12.9. The fourth-order valence-corrected chi connectivity index (χ4v) is 4.38. The Balaban J connectivity index is 1.46. The minimum atomic E-state index is -0.447. The molecule has 2 aromatic heterocycles. The summed E-state index contributed by atoms with van der Waals surface area (Å²) in [4.78, 5) is 30.7. The third kappa shape index (κ3) is 4.08. The number of fused-ring (bicyclic) bond motifs is 1. The molecule has 0 saturated heterocycles. The molecule has 33 heavy (non-hydrogen) atoms. The van der Waals surface area contributed by atoms with Gasteiger partial charge in [-0.1, -0.05) is 36.0 Å². The van der Waals surface area contributed by atoms with Gasteiger partial charge in [0.05, 0.1) is 22.8 Å². The van der Waals surface area contributed by atoms with Gasteiger partial charge in [0.25, 0.3) is 0 Å². The molecule has 0 atom stereocenters. The third-order valence-electron chi connectivity index (χ3n) is 5.04. The second-order valence-corrected chi connectivity index (χ2v) is 8.11. The molecule has 10 heteroatoms. The molecule has 0 unspecified atom stereocenters. The molecule has 8 nitrogen and oxygen atoms in total. The second kappa shape index (κ2) is 8.83. The lowest BCUT2D eigenvalue weighted by Gasteiger charge is -2.29. The zero-order valence-electron chi connectivity index (χ0n) is 17.2. The number of aromatic nitrogens is 4. The molecule has 164 valence electrons. The van der Waals surface area contributed by atoms with Crippen LogP contribution in [0.5, 0.6) is 0 Å². The number of nitrogens with one attached hydrogen (secondary N) is 1. The zero-order valence-corrected chi connectivity index (χ0v) is 18.0. The van der Waals surface area contributed by atoms with Crippen molar-refractivity contribution in [3.05, 3.63) is 78.9 Å². The Hall–Kier alpha value is -4.05. The Morgan fingerprint density at radius 3 is 2.61 bits per heavy atom. The number of hydrogen-bond donors (Lipinski definition) is 1. The highest BCUT2D eigenvalue weighted by Gasteiger charge is 2.27. The predicted octanol–water partition coefficient (Wildman–Crippen LogP) is 3.55. The summed E-state index contributed by atoms with van der Waals surface area (Å²) < 4.78 is 16.3. The summed E-state index contributed by atoms with van der Waals surface area (Å²) in [5, 5.41) is 11.6. The van der Waals surface area contributed by atoms with Crippen LogP contribution in [0.2, 0.25) is 0 Å². The first-order valence-corrected chi connectivity index (χ1v) is 11.0. The summed E-state index contributed by atoms with van der Waals surface area (Å²) in [7, 11) is 0. The van der Waals surface area contributed by atoms with Crippen molar-refractivity contribution >= 4 is 35.0 Å². The van der Waals surface area contributed by atoms with Gasteiger partial charge in [0, 0.05) is 18.0 Å². The van der Waals surface area contributed by atoms with E-state index in [1.807, 2.05) is 0 Å². The van der Waals surface area contributed by atoms with Crippen LogP contribution in [0.15, 0.2) is 78.2 Å². The number of amides is 2. The number of carbonyl (C=O) groups excluding carboxylic acids is 2. The van der Waals surface area contributed by atoms with Gasteiger partial charge in [-0.05, 0) is 36.4 Å². The van der Waals surface area contributed by atoms with Crippen molar-refractivity contribution in [3.8, 4) is 17.1 Å². The largest absolute Gasteiger partial charge is 0.323 e. The maximum Gasteiger partial charge on any atom is 0.244 e. The highest BCUT2D eigenvalue weighted by molar-refractivity contribution is 7.99. The van der Waals surface area contributed by atoms with E-state index in [9.17, 15) is 14.0 Å². The van der Waals surface area contributed by atoms with Gasteiger partial charge in [-0.15, -0.1) is 10.2 Å². The van der Waals surface area contributed by atoms with Gasteiger partial charge < -0.3 is 10.2 Å². The van der Waals surface area contributed by atoms with E-state index in [1.165, 1.54) is 11.0 Å². The van der Waals surface area contributed by atoms with Crippen molar-refractivity contribution < 1.29 is 14.0 Å². The highest BCUT2D eigenvalue weighted by Crippen LogP contribution is 2.32. The smallest absolute Gasteiger partial charge is 0.244 e. The number of nitrogens with zero attached hydrogens (tertiary/aromatic N) is 5. The van der Waals surface area contributed by atoms with Gasteiger partial charge in [0.15, 0.2) is 11.0 Å². The van der Waals surface area contributed by atoms with E-state index in [2.05, 4.69) is 20.5 Å². The van der Waals surface area contributed by atoms with Crippen LogP contribution in [-0.2, 0) is 9.59 Å². The van der Waals surface area contributed by atoms with E-state index in [0.29, 0.717) is 27.9 Å². The summed E-state index contributed by atoms with van der Waals surface area (Å²) in [6.07, 6.45) is 3.25. The number of halogens is 1. The summed E-state index contributed by atoms with van der Waals surface area (Å²) in [6, 6.07) is 17.0. The van der Waals surface area contributed by atoms with Gasteiger partial charge in [-0.3, -0.25) is 19.1 Å². The number of rotatable bonds is 5. The first kappa shape index (κ1) is 20.8. The van der Waals surface area contributed by atoms with Crippen molar-refractivity contribution in [2.45, 2.75) is 5.16 Å². The maximum absolute atomic E-state index is 14.7. The van der Waals surface area contributed by atoms with Crippen LogP contribution < -0.4 is 10.2 Å². The van der Waals surface area contributed by atoms with E-state index in [4.69, 9.17) is 0 Å². The lowest BCUT2D eigenvalue weighted by molar-refractivity contribution is -0.120. The van der Waals surface area contributed by atoms with Gasteiger partial charge >= 0.3 is 0 Å². The molecule has 2 aromatic carbocycles. The van der Waals surface area contributed by atoms with Crippen LogP contribution in [0.4, 0.5) is 15.8 Å². The number of carbonyl (C=O) groups is 2. The van der Waals surface area contributed by atoms with Gasteiger partial charge in [0.1, 0.15) is 12.4 Å². The van der Waals surface area contributed by atoms with E-state index >= 15 is 0 Å². The fourth-order valence-electron chi connectivity index (χ4n) is 3.56. The fraction of sp³-hybridized carbons (Fsp3) is 0.0870. The summed E-state index contributed by atoms with van der Waals surface area (Å²) >= 11 is 1.12. The Morgan fingerprint density at radius 1 is 1.03 bits per heavy atom. The minimum absolute atomic E-state index is 0.0127. The second-order valence-electron chi connectivity index (χ2n) is 7.17. The topological polar surface area (TPSA) is 93.0 Å². The molecule has 4 aromatic rings. The molecule has 5 rings (SSSR count). The first-order valence-electron chi connectivity index (χ1n) is 10.0. The van der Waals surface area contributed by atoms with Crippen molar-refractivity contribution in [2.24, 2.45) is 0 Å². The van der Waals surface area contributed by atoms with Crippen molar-refractivity contribution in [1.82, 2.24) is 19.7 Å². The SMILES string of the molecule is O=C1CN(C(=O)CSc2nnc(-c3cccnc3)n2-c2ccccc2F)c2ccccc2N1. The lowest BCUT2D eigenvalue weighted by atomic mass is 10.2. The molecule has 0 fully saturated rings. The zero-order chi connectivity index (χ0) is 22.8. The molecule has 1 aliphatic heterocycles. The van der Waals surface area contributed by atoms with Crippen LogP contribution >= 0.6 is 11.8 Å². The van der Waals surface area contributed by atoms with Crippen LogP contribution in [0.1, 0.15) is 0 Å². The molecule has 3 heterocycles. The monoisotopic (exact) mass is 460 g/mol. The number of hydrogen-bond acceptors (Lipinski definition) is 6. The maximum atomic E-state index is 14.7. The molecule has 0 spiro atoms. The van der Waals surface area contributed by atoms with Crippen LogP contribution in [-0.4, -0.2) is 43.9 Å². The third-order valence-corrected chi connectivity index (χ3v) is 5.96. The molecule has 2 amide bonds. The number of para-hydroxylation sites is 3.